The number of carbonyl (C=O) groups is 2. The number of carboxylic acid groups (broad SMARTS) is 1. The maximum Gasteiger partial charge on any atom is 0.316 e. The molecule has 0 fully saturated rings. The van der Waals surface area contributed by atoms with Gasteiger partial charge in [0.2, 0.25) is 5.91 Å². The first-order valence-electron chi connectivity index (χ1n) is 3.97. The zero-order valence-electron chi connectivity index (χ0n) is 7.41. The lowest BCUT2D eigenvalue weighted by molar-refractivity contribution is -0.146. The Morgan fingerprint density at radius 1 is 1.33 bits per heavy atom. The molecule has 0 aromatic heterocycles. The van der Waals surface area contributed by atoms with E-state index in [1.807, 2.05) is 13.8 Å². The van der Waals surface area contributed by atoms with Gasteiger partial charge in [0.15, 0.2) is 0 Å². The van der Waals surface area contributed by atoms with E-state index in [-0.39, 0.29) is 0 Å². The topological polar surface area (TPSA) is 80.4 Å². The van der Waals surface area contributed by atoms with Crippen LogP contribution in [0.25, 0.3) is 0 Å². The van der Waals surface area contributed by atoms with Gasteiger partial charge in [0, 0.05) is 0 Å². The Hall–Kier alpha value is -1.06. The number of carbonyl (C=O) groups excluding carboxylic acids is 1. The molecule has 3 N–H and O–H groups in total. The second-order valence-electron chi connectivity index (χ2n) is 3.26. The molecule has 0 bridgehead atoms. The van der Waals surface area contributed by atoms with Crippen LogP contribution in [-0.4, -0.2) is 17.0 Å². The van der Waals surface area contributed by atoms with Gasteiger partial charge in [-0.25, -0.2) is 0 Å². The Bertz CT molecular complexity index is 163. The molecule has 4 heteroatoms. The van der Waals surface area contributed by atoms with Crippen molar-refractivity contribution < 1.29 is 14.7 Å². The maximum absolute atomic E-state index is 10.6. The number of hydrogen-bond donors (Lipinski definition) is 2. The first-order valence-corrected chi connectivity index (χ1v) is 3.97. The second-order valence-corrected chi connectivity index (χ2v) is 3.26. The molecule has 0 aromatic rings. The van der Waals surface area contributed by atoms with Crippen LogP contribution >= 0.6 is 0 Å². The number of primary amides is 1. The van der Waals surface area contributed by atoms with Crippen molar-refractivity contribution >= 4 is 11.9 Å². The van der Waals surface area contributed by atoms with Crippen LogP contribution in [0.5, 0.6) is 0 Å². The summed E-state index contributed by atoms with van der Waals surface area (Å²) in [7, 11) is 0. The van der Waals surface area contributed by atoms with Crippen LogP contribution in [-0.2, 0) is 9.59 Å². The van der Waals surface area contributed by atoms with Gasteiger partial charge in [-0.1, -0.05) is 13.8 Å². The van der Waals surface area contributed by atoms with Crippen molar-refractivity contribution in [3.05, 3.63) is 0 Å². The van der Waals surface area contributed by atoms with Crippen LogP contribution in [0.1, 0.15) is 26.7 Å². The molecule has 12 heavy (non-hydrogen) atoms. The van der Waals surface area contributed by atoms with E-state index in [0.717, 1.165) is 0 Å². The molecule has 0 rings (SSSR count). The van der Waals surface area contributed by atoms with Gasteiger partial charge < -0.3 is 10.8 Å². The van der Waals surface area contributed by atoms with Crippen LogP contribution in [0, 0.1) is 11.8 Å². The third-order valence-electron chi connectivity index (χ3n) is 1.67. The SMILES string of the molecule is CC(C)CCC(C(N)=O)C(=O)O. The van der Waals surface area contributed by atoms with E-state index < -0.39 is 17.8 Å². The van der Waals surface area contributed by atoms with Gasteiger partial charge in [-0.3, -0.25) is 9.59 Å². The van der Waals surface area contributed by atoms with Crippen LogP contribution in [0.3, 0.4) is 0 Å². The molecular weight excluding hydrogens is 158 g/mol. The Morgan fingerprint density at radius 2 is 1.83 bits per heavy atom. The molecule has 4 nitrogen and oxygen atoms in total. The minimum Gasteiger partial charge on any atom is -0.481 e. The summed E-state index contributed by atoms with van der Waals surface area (Å²) in [5.74, 6) is -2.50. The minimum atomic E-state index is -1.12. The van der Waals surface area contributed by atoms with E-state index in [9.17, 15) is 9.59 Å². The van der Waals surface area contributed by atoms with E-state index in [0.29, 0.717) is 18.8 Å². The predicted octanol–water partition coefficient (Wildman–Crippen LogP) is 0.609. The highest BCUT2D eigenvalue weighted by molar-refractivity contribution is 5.95. The summed E-state index contributed by atoms with van der Waals surface area (Å²) >= 11 is 0. The molecule has 1 unspecified atom stereocenters. The van der Waals surface area contributed by atoms with E-state index in [1.54, 1.807) is 0 Å². The quantitative estimate of drug-likeness (QED) is 0.597. The monoisotopic (exact) mass is 173 g/mol. The first-order chi connectivity index (χ1) is 5.45. The van der Waals surface area contributed by atoms with Crippen LogP contribution < -0.4 is 5.73 Å². The summed E-state index contributed by atoms with van der Waals surface area (Å²) in [6.07, 6.45) is 1.04. The molecule has 0 saturated carbocycles. The van der Waals surface area contributed by atoms with Gasteiger partial charge in [0.05, 0.1) is 0 Å². The molecule has 0 aromatic carbocycles. The Morgan fingerprint density at radius 3 is 2.08 bits per heavy atom. The lowest BCUT2D eigenvalue weighted by atomic mass is 9.97. The average Bonchev–Trinajstić information content (AvgIpc) is 1.84. The molecule has 1 atom stereocenters. The number of nitrogens with two attached hydrogens (primary N) is 1. The average molecular weight is 173 g/mol. The number of carboxylic acids is 1. The van der Waals surface area contributed by atoms with Gasteiger partial charge in [-0.05, 0) is 18.8 Å². The Kier molecular flexibility index (Phi) is 4.33. The lowest BCUT2D eigenvalue weighted by Crippen LogP contribution is -2.30. The summed E-state index contributed by atoms with van der Waals surface area (Å²) in [5, 5.41) is 8.56. The minimum absolute atomic E-state index is 0.336. The molecule has 0 heterocycles. The Labute approximate surface area is 71.8 Å². The number of aliphatic carboxylic acids is 1. The molecule has 0 aliphatic rings. The van der Waals surface area contributed by atoms with Gasteiger partial charge >= 0.3 is 5.97 Å². The number of amides is 1. The van der Waals surface area contributed by atoms with Crippen molar-refractivity contribution in [2.24, 2.45) is 17.6 Å². The first kappa shape index (κ1) is 10.9. The highest BCUT2D eigenvalue weighted by Crippen LogP contribution is 2.11. The summed E-state index contributed by atoms with van der Waals surface area (Å²) in [6.45, 7) is 3.94. The summed E-state index contributed by atoms with van der Waals surface area (Å²) in [4.78, 5) is 21.0. The normalized spacial score (nSPS) is 12.9. The Balaban J connectivity index is 3.97. The zero-order valence-corrected chi connectivity index (χ0v) is 7.41. The fourth-order valence-electron chi connectivity index (χ4n) is 0.887. The standard InChI is InChI=1S/C8H15NO3/c1-5(2)3-4-6(7(9)10)8(11)12/h5-6H,3-4H2,1-2H3,(H2,9,10)(H,11,12). The molecule has 0 saturated heterocycles. The largest absolute Gasteiger partial charge is 0.481 e. The van der Waals surface area contributed by atoms with Crippen molar-refractivity contribution in [3.8, 4) is 0 Å². The van der Waals surface area contributed by atoms with Crippen molar-refractivity contribution in [2.45, 2.75) is 26.7 Å². The van der Waals surface area contributed by atoms with E-state index in [1.165, 1.54) is 0 Å². The van der Waals surface area contributed by atoms with Crippen molar-refractivity contribution in [1.29, 1.82) is 0 Å². The predicted molar refractivity (Wildman–Crippen MR) is 44.4 cm³/mol. The highest BCUT2D eigenvalue weighted by Gasteiger charge is 2.23. The zero-order chi connectivity index (χ0) is 9.72. The van der Waals surface area contributed by atoms with Gasteiger partial charge in [0.1, 0.15) is 5.92 Å². The summed E-state index contributed by atoms with van der Waals surface area (Å²) in [5.41, 5.74) is 4.90. The van der Waals surface area contributed by atoms with Crippen LogP contribution in [0.4, 0.5) is 0 Å². The molecular formula is C8H15NO3. The third kappa shape index (κ3) is 3.95. The van der Waals surface area contributed by atoms with E-state index >= 15 is 0 Å². The highest BCUT2D eigenvalue weighted by atomic mass is 16.4. The summed E-state index contributed by atoms with van der Waals surface area (Å²) < 4.78 is 0. The molecule has 1 amide bonds. The summed E-state index contributed by atoms with van der Waals surface area (Å²) in [6, 6.07) is 0. The fourth-order valence-corrected chi connectivity index (χ4v) is 0.887. The third-order valence-corrected chi connectivity index (χ3v) is 1.67. The number of rotatable bonds is 5. The molecule has 0 aliphatic carbocycles. The van der Waals surface area contributed by atoms with Gasteiger partial charge in [-0.2, -0.15) is 0 Å². The molecule has 0 radical (unpaired) electrons. The smallest absolute Gasteiger partial charge is 0.316 e. The molecule has 0 spiro atoms. The van der Waals surface area contributed by atoms with Gasteiger partial charge in [0.25, 0.3) is 0 Å². The second kappa shape index (κ2) is 4.74. The number of hydrogen-bond acceptors (Lipinski definition) is 2. The van der Waals surface area contributed by atoms with Crippen molar-refractivity contribution in [1.82, 2.24) is 0 Å². The molecule has 70 valence electrons. The van der Waals surface area contributed by atoms with Crippen LogP contribution in [0.15, 0.2) is 0 Å². The fraction of sp³-hybridized carbons (Fsp3) is 0.750. The van der Waals surface area contributed by atoms with Crippen molar-refractivity contribution in [2.75, 3.05) is 0 Å². The van der Waals surface area contributed by atoms with Crippen LogP contribution in [0.2, 0.25) is 0 Å². The van der Waals surface area contributed by atoms with Crippen molar-refractivity contribution in [3.63, 3.8) is 0 Å². The van der Waals surface area contributed by atoms with E-state index in [4.69, 9.17) is 10.8 Å². The molecule has 0 aliphatic heterocycles. The lowest BCUT2D eigenvalue weighted by Gasteiger charge is -2.09. The van der Waals surface area contributed by atoms with E-state index in [2.05, 4.69) is 0 Å². The maximum atomic E-state index is 10.6. The van der Waals surface area contributed by atoms with Gasteiger partial charge in [-0.15, -0.1) is 0 Å².